The maximum atomic E-state index is 12.7. The lowest BCUT2D eigenvalue weighted by atomic mass is 10.2. The minimum atomic E-state index is -0.431. The van der Waals surface area contributed by atoms with E-state index >= 15 is 0 Å². The molecule has 7 nitrogen and oxygen atoms in total. The minimum Gasteiger partial charge on any atom is -0.324 e. The molecule has 0 atom stereocenters. The van der Waals surface area contributed by atoms with Crippen LogP contribution in [0, 0.1) is 13.8 Å². The van der Waals surface area contributed by atoms with Gasteiger partial charge in [-0.3, -0.25) is 4.79 Å². The number of anilines is 1. The number of rotatable bonds is 5. The molecule has 0 aliphatic carbocycles. The smallest absolute Gasteiger partial charge is 0.324 e. The van der Waals surface area contributed by atoms with E-state index in [1.165, 1.54) is 27.9 Å². The first-order chi connectivity index (χ1) is 14.8. The lowest BCUT2D eigenvalue weighted by Crippen LogP contribution is -2.28. The van der Waals surface area contributed by atoms with Crippen LogP contribution in [0.15, 0.2) is 63.5 Å². The Morgan fingerprint density at radius 1 is 1.13 bits per heavy atom. The van der Waals surface area contributed by atoms with E-state index in [2.05, 4.69) is 21.5 Å². The molecule has 0 saturated carbocycles. The number of aromatic nitrogens is 4. The first-order valence-electron chi connectivity index (χ1n) is 9.25. The quantitative estimate of drug-likeness (QED) is 0.457. The molecule has 0 spiro atoms. The number of amides is 1. The molecule has 4 rings (SSSR count). The third-order valence-corrected chi connectivity index (χ3v) is 6.04. The molecule has 0 bridgehead atoms. The number of carbonyl (C=O) groups excluding carboxylic acids is 1. The highest BCUT2D eigenvalue weighted by molar-refractivity contribution is 7.99. The topological polar surface area (TPSA) is 81.3 Å². The maximum Gasteiger partial charge on any atom is 0.350 e. The number of nitrogens with one attached hydrogen (secondary N) is 1. The molecule has 158 valence electrons. The lowest BCUT2D eigenvalue weighted by molar-refractivity contribution is -0.117. The molecular formula is C21H17Cl2N5O2S. The highest BCUT2D eigenvalue weighted by Crippen LogP contribution is 2.31. The number of fused-ring (bicyclic) bond motifs is 1. The number of hydrogen-bond donors (Lipinski definition) is 1. The first-order valence-corrected chi connectivity index (χ1v) is 10.8. The summed E-state index contributed by atoms with van der Waals surface area (Å²) in [7, 11) is 0. The highest BCUT2D eigenvalue weighted by atomic mass is 35.5. The molecule has 4 aromatic rings. The van der Waals surface area contributed by atoms with E-state index in [-0.39, 0.29) is 6.54 Å². The van der Waals surface area contributed by atoms with Gasteiger partial charge in [0.2, 0.25) is 5.91 Å². The Kier molecular flexibility index (Phi) is 6.04. The van der Waals surface area contributed by atoms with Crippen LogP contribution >= 0.6 is 35.0 Å². The van der Waals surface area contributed by atoms with Crippen molar-refractivity contribution in [3.63, 3.8) is 0 Å². The number of halogens is 2. The van der Waals surface area contributed by atoms with Gasteiger partial charge in [0, 0.05) is 33.0 Å². The summed E-state index contributed by atoms with van der Waals surface area (Å²) in [5.74, 6) is -0.430. The number of nitrogens with zero attached hydrogens (tertiary/aromatic N) is 4. The summed E-state index contributed by atoms with van der Waals surface area (Å²) in [5, 5.41) is 8.38. The molecule has 0 aliphatic heterocycles. The zero-order chi connectivity index (χ0) is 22.1. The highest BCUT2D eigenvalue weighted by Gasteiger charge is 2.16. The lowest BCUT2D eigenvalue weighted by Gasteiger charge is -2.06. The van der Waals surface area contributed by atoms with Crippen LogP contribution in [-0.4, -0.2) is 25.1 Å². The third kappa shape index (κ3) is 4.76. The van der Waals surface area contributed by atoms with Gasteiger partial charge in [0.1, 0.15) is 11.6 Å². The van der Waals surface area contributed by atoms with Crippen LogP contribution in [-0.2, 0) is 11.3 Å². The zero-order valence-corrected chi connectivity index (χ0v) is 18.9. The molecule has 10 heteroatoms. The van der Waals surface area contributed by atoms with Crippen molar-refractivity contribution < 1.29 is 4.79 Å². The van der Waals surface area contributed by atoms with E-state index < -0.39 is 11.6 Å². The van der Waals surface area contributed by atoms with Crippen molar-refractivity contribution in [3.05, 3.63) is 80.4 Å². The minimum absolute atomic E-state index is 0.266. The van der Waals surface area contributed by atoms with Gasteiger partial charge in [-0.2, -0.15) is 0 Å². The first kappa shape index (κ1) is 21.4. The van der Waals surface area contributed by atoms with E-state index in [4.69, 9.17) is 23.2 Å². The fourth-order valence-corrected chi connectivity index (χ4v) is 4.52. The summed E-state index contributed by atoms with van der Waals surface area (Å²) in [6.45, 7) is 3.79. The number of benzene rings is 2. The van der Waals surface area contributed by atoms with Gasteiger partial charge in [0.15, 0.2) is 5.65 Å². The van der Waals surface area contributed by atoms with Crippen LogP contribution in [0.1, 0.15) is 11.1 Å². The Hall–Kier alpha value is -2.81. The molecule has 0 unspecified atom stereocenters. The summed E-state index contributed by atoms with van der Waals surface area (Å²) in [5.41, 5.74) is 2.66. The molecule has 0 fully saturated rings. The van der Waals surface area contributed by atoms with Crippen molar-refractivity contribution >= 4 is 52.2 Å². The molecule has 0 saturated heterocycles. The van der Waals surface area contributed by atoms with E-state index in [9.17, 15) is 9.59 Å². The number of hydrogen-bond acceptors (Lipinski definition) is 5. The molecule has 1 N–H and O–H groups in total. The van der Waals surface area contributed by atoms with Gasteiger partial charge >= 0.3 is 5.69 Å². The van der Waals surface area contributed by atoms with E-state index in [1.54, 1.807) is 24.4 Å². The number of aryl methyl sites for hydroxylation is 2. The van der Waals surface area contributed by atoms with Crippen LogP contribution in [0.5, 0.6) is 0 Å². The van der Waals surface area contributed by atoms with Gasteiger partial charge in [-0.05, 0) is 43.7 Å². The van der Waals surface area contributed by atoms with Crippen LogP contribution < -0.4 is 11.0 Å². The summed E-state index contributed by atoms with van der Waals surface area (Å²) in [6.07, 6.45) is 3.07. The van der Waals surface area contributed by atoms with Gasteiger partial charge in [-0.1, -0.05) is 52.7 Å². The van der Waals surface area contributed by atoms with Crippen LogP contribution in [0.25, 0.3) is 5.65 Å². The fraction of sp³-hybridized carbons (Fsp3) is 0.143. The SMILES string of the molecule is Cc1ccc(Sc2nccn3c(=O)n(CC(=O)Nc4cc(Cl)cc(Cl)c4)nc23)c(C)c1. The molecule has 0 radical (unpaired) electrons. The van der Waals surface area contributed by atoms with Gasteiger partial charge < -0.3 is 5.32 Å². The number of carbonyl (C=O) groups is 1. The Balaban J connectivity index is 1.61. The zero-order valence-electron chi connectivity index (χ0n) is 16.6. The summed E-state index contributed by atoms with van der Waals surface area (Å²) < 4.78 is 2.48. The van der Waals surface area contributed by atoms with Crippen molar-refractivity contribution in [1.82, 2.24) is 19.2 Å². The molecule has 1 amide bonds. The second kappa shape index (κ2) is 8.74. The van der Waals surface area contributed by atoms with Crippen molar-refractivity contribution in [2.75, 3.05) is 5.32 Å². The Bertz CT molecular complexity index is 1350. The summed E-state index contributed by atoms with van der Waals surface area (Å²) >= 11 is 13.3. The second-order valence-electron chi connectivity index (χ2n) is 6.94. The average Bonchev–Trinajstić information content (AvgIpc) is 3.00. The standard InChI is InChI=1S/C21H17Cl2N5O2S/c1-12-3-4-17(13(2)7-12)31-20-19-26-28(21(30)27(19)6-5-24-20)11-18(29)25-16-9-14(22)8-15(23)10-16/h3-10H,11H2,1-2H3,(H,25,29). The summed E-state index contributed by atoms with van der Waals surface area (Å²) in [4.78, 5) is 30.6. The fourth-order valence-electron chi connectivity index (χ4n) is 3.08. The van der Waals surface area contributed by atoms with E-state index in [0.717, 1.165) is 15.1 Å². The van der Waals surface area contributed by atoms with E-state index in [0.29, 0.717) is 26.4 Å². The van der Waals surface area contributed by atoms with Crippen LogP contribution in [0.3, 0.4) is 0 Å². The Morgan fingerprint density at radius 3 is 2.58 bits per heavy atom. The van der Waals surface area contributed by atoms with Crippen molar-refractivity contribution in [1.29, 1.82) is 0 Å². The predicted octanol–water partition coefficient (Wildman–Crippen LogP) is 4.60. The normalized spacial score (nSPS) is 11.1. The summed E-state index contributed by atoms with van der Waals surface area (Å²) in [6, 6.07) is 10.8. The molecule has 2 aromatic heterocycles. The van der Waals surface area contributed by atoms with Gasteiger partial charge in [-0.15, -0.1) is 5.10 Å². The molecular weight excluding hydrogens is 457 g/mol. The van der Waals surface area contributed by atoms with Gasteiger partial charge in [-0.25, -0.2) is 18.9 Å². The monoisotopic (exact) mass is 473 g/mol. The van der Waals surface area contributed by atoms with Crippen LogP contribution in [0.2, 0.25) is 10.0 Å². The average molecular weight is 474 g/mol. The van der Waals surface area contributed by atoms with Gasteiger partial charge in [0.25, 0.3) is 0 Å². The van der Waals surface area contributed by atoms with Gasteiger partial charge in [0.05, 0.1) is 0 Å². The molecule has 2 aromatic carbocycles. The Morgan fingerprint density at radius 2 is 1.87 bits per heavy atom. The maximum absolute atomic E-state index is 12.7. The molecule has 31 heavy (non-hydrogen) atoms. The molecule has 0 aliphatic rings. The molecule has 2 heterocycles. The Labute approximate surface area is 192 Å². The predicted molar refractivity (Wildman–Crippen MR) is 122 cm³/mol. The van der Waals surface area contributed by atoms with Crippen molar-refractivity contribution in [2.24, 2.45) is 0 Å². The van der Waals surface area contributed by atoms with E-state index in [1.807, 2.05) is 26.0 Å². The third-order valence-electron chi connectivity index (χ3n) is 4.45. The largest absolute Gasteiger partial charge is 0.350 e. The van der Waals surface area contributed by atoms with Crippen LogP contribution in [0.4, 0.5) is 5.69 Å². The van der Waals surface area contributed by atoms with Crippen molar-refractivity contribution in [2.45, 2.75) is 30.3 Å². The second-order valence-corrected chi connectivity index (χ2v) is 8.85. The van der Waals surface area contributed by atoms with Crippen molar-refractivity contribution in [3.8, 4) is 0 Å².